The third kappa shape index (κ3) is 3.37. The van der Waals surface area contributed by atoms with Crippen molar-refractivity contribution in [2.24, 2.45) is 0 Å². The molecule has 3 heterocycles. The van der Waals surface area contributed by atoms with Crippen molar-refractivity contribution in [3.05, 3.63) is 10.8 Å². The van der Waals surface area contributed by atoms with Crippen molar-refractivity contribution >= 4 is 54.5 Å². The number of ether oxygens (including phenoxy) is 2. The Morgan fingerprint density at radius 1 is 0.882 bits per heavy atom. The number of hydrogen-bond acceptors (Lipinski definition) is 7. The van der Waals surface area contributed by atoms with Crippen molar-refractivity contribution in [2.45, 2.75) is 10.5 Å². The number of fused-ring (bicyclic) bond motifs is 4. The van der Waals surface area contributed by atoms with Crippen LogP contribution in [-0.4, -0.2) is 35.2 Å². The number of thiophene rings is 1. The maximum Gasteiger partial charge on any atom is 0.171 e. The molecule has 2 aliphatic heterocycles. The van der Waals surface area contributed by atoms with E-state index in [0.717, 1.165) is 36.2 Å². The molecule has 1 fully saturated rings. The second-order valence-electron chi connectivity index (χ2n) is 3.73. The van der Waals surface area contributed by atoms with E-state index in [-0.39, 0.29) is 0 Å². The third-order valence-corrected chi connectivity index (χ3v) is 9.27. The average Bonchev–Trinajstić information content (AvgIpc) is 2.74. The van der Waals surface area contributed by atoms with Crippen molar-refractivity contribution in [3.8, 4) is 11.5 Å². The smallest absolute Gasteiger partial charge is 0.171 e. The summed E-state index contributed by atoms with van der Waals surface area (Å²) in [5.74, 6) is 4.17. The first kappa shape index (κ1) is 12.7. The zero-order valence-corrected chi connectivity index (χ0v) is 13.1. The minimum atomic E-state index is 0.575. The van der Waals surface area contributed by atoms with E-state index in [1.54, 1.807) is 11.3 Å². The van der Waals surface area contributed by atoms with Gasteiger partial charge in [-0.2, -0.15) is 0 Å². The normalized spacial score (nSPS) is 29.4. The summed E-state index contributed by atoms with van der Waals surface area (Å²) in [5.41, 5.74) is 0. The molecule has 1 saturated heterocycles. The monoisotopic (exact) mass is 324 g/mol. The van der Waals surface area contributed by atoms with Crippen molar-refractivity contribution in [1.82, 2.24) is 0 Å². The topological polar surface area (TPSA) is 18.5 Å². The largest absolute Gasteiger partial charge is 0.488 e. The highest BCUT2D eigenvalue weighted by Gasteiger charge is 2.23. The molecule has 0 N–H and O–H groups in total. The maximum absolute atomic E-state index is 5.86. The molecule has 0 aromatic carbocycles. The Kier molecular flexibility index (Phi) is 4.66. The van der Waals surface area contributed by atoms with E-state index >= 15 is 0 Å². The molecule has 17 heavy (non-hydrogen) atoms. The minimum absolute atomic E-state index is 0.575. The minimum Gasteiger partial charge on any atom is -0.488 e. The van der Waals surface area contributed by atoms with Gasteiger partial charge in [-0.05, 0) is 0 Å². The fourth-order valence-electron chi connectivity index (χ4n) is 1.46. The summed E-state index contributed by atoms with van der Waals surface area (Å²) in [6.45, 7) is 1.57. The van der Waals surface area contributed by atoms with E-state index in [1.807, 2.05) is 53.9 Å². The Hall–Kier alpha value is 0.700. The number of hydrogen-bond donors (Lipinski definition) is 0. The van der Waals surface area contributed by atoms with Gasteiger partial charge in [-0.25, -0.2) is 0 Å². The average molecular weight is 325 g/mol. The van der Waals surface area contributed by atoms with Crippen LogP contribution in [0.25, 0.3) is 0 Å². The van der Waals surface area contributed by atoms with Crippen molar-refractivity contribution in [2.75, 3.05) is 24.7 Å². The van der Waals surface area contributed by atoms with Crippen LogP contribution in [0.2, 0.25) is 0 Å². The summed E-state index contributed by atoms with van der Waals surface area (Å²) in [7, 11) is 7.85. The van der Waals surface area contributed by atoms with Crippen molar-refractivity contribution < 1.29 is 9.47 Å². The van der Waals surface area contributed by atoms with Gasteiger partial charge in [0.1, 0.15) is 13.2 Å². The lowest BCUT2D eigenvalue weighted by molar-refractivity contribution is 0.275. The molecule has 0 aliphatic carbocycles. The Bertz CT molecular complexity index is 337. The van der Waals surface area contributed by atoms with E-state index < -0.39 is 0 Å². The Labute approximate surface area is 121 Å². The third-order valence-electron chi connectivity index (χ3n) is 2.36. The van der Waals surface area contributed by atoms with Crippen LogP contribution < -0.4 is 9.47 Å². The van der Waals surface area contributed by atoms with Gasteiger partial charge in [0.15, 0.2) is 11.5 Å². The Balaban J connectivity index is 1.78. The second kappa shape index (κ2) is 6.23. The predicted molar refractivity (Wildman–Crippen MR) is 83.0 cm³/mol. The van der Waals surface area contributed by atoms with Crippen LogP contribution in [0.4, 0.5) is 0 Å². The highest BCUT2D eigenvalue weighted by Crippen LogP contribution is 2.43. The standard InChI is InChI=1S/C10H12O2S5/c1-7-3-14-15-4-8(17-16-7)2-12-10-6-13-5-9(10)11-1/h5-8H,1-4H2. The molecule has 1 aromatic heterocycles. The molecule has 0 amide bonds. The Morgan fingerprint density at radius 3 is 1.94 bits per heavy atom. The quantitative estimate of drug-likeness (QED) is 0.666. The summed E-state index contributed by atoms with van der Waals surface area (Å²) in [6.07, 6.45) is 0. The zero-order chi connectivity index (χ0) is 11.5. The van der Waals surface area contributed by atoms with Gasteiger partial charge < -0.3 is 9.47 Å². The fraction of sp³-hybridized carbons (Fsp3) is 0.600. The van der Waals surface area contributed by atoms with Crippen LogP contribution in [0.1, 0.15) is 0 Å². The maximum atomic E-state index is 5.86. The van der Waals surface area contributed by atoms with E-state index in [4.69, 9.17) is 9.47 Å². The van der Waals surface area contributed by atoms with Gasteiger partial charge in [0.25, 0.3) is 0 Å². The van der Waals surface area contributed by atoms with Crippen LogP contribution in [0, 0.1) is 0 Å². The zero-order valence-electron chi connectivity index (χ0n) is 9.00. The highest BCUT2D eigenvalue weighted by atomic mass is 33.1. The molecule has 2 unspecified atom stereocenters. The van der Waals surface area contributed by atoms with Gasteiger partial charge in [-0.3, -0.25) is 0 Å². The van der Waals surface area contributed by atoms with Gasteiger partial charge in [0.05, 0.1) is 10.5 Å². The lowest BCUT2D eigenvalue weighted by Gasteiger charge is -2.25. The molecule has 3 rings (SSSR count). The van der Waals surface area contributed by atoms with Crippen molar-refractivity contribution in [1.29, 1.82) is 0 Å². The van der Waals surface area contributed by atoms with Gasteiger partial charge in [-0.15, -0.1) is 11.3 Å². The molecular formula is C10H12O2S5. The molecule has 0 saturated carbocycles. The summed E-state index contributed by atoms with van der Waals surface area (Å²) < 4.78 is 11.7. The second-order valence-corrected chi connectivity index (χ2v) is 9.90. The van der Waals surface area contributed by atoms with E-state index in [0.29, 0.717) is 10.5 Å². The lowest BCUT2D eigenvalue weighted by Crippen LogP contribution is -2.23. The predicted octanol–water partition coefficient (Wildman–Crippen LogP) is 4.03. The van der Waals surface area contributed by atoms with E-state index in [9.17, 15) is 0 Å². The van der Waals surface area contributed by atoms with Crippen LogP contribution >= 0.6 is 54.5 Å². The summed E-state index contributed by atoms with van der Waals surface area (Å²) in [4.78, 5) is 0. The molecule has 2 atom stereocenters. The SMILES string of the molecule is c1scc2c1OCC1CSSCC(CO2)SS1. The summed E-state index contributed by atoms with van der Waals surface area (Å²) in [5, 5.41) is 5.22. The van der Waals surface area contributed by atoms with Gasteiger partial charge in [0.2, 0.25) is 0 Å². The van der Waals surface area contributed by atoms with E-state index in [1.165, 1.54) is 0 Å². The molecule has 0 spiro atoms. The van der Waals surface area contributed by atoms with Gasteiger partial charge >= 0.3 is 0 Å². The van der Waals surface area contributed by atoms with E-state index in [2.05, 4.69) is 0 Å². The molecular weight excluding hydrogens is 312 g/mol. The first-order valence-electron chi connectivity index (χ1n) is 5.30. The van der Waals surface area contributed by atoms with Crippen LogP contribution in [0.3, 0.4) is 0 Å². The van der Waals surface area contributed by atoms with Crippen LogP contribution in [0.15, 0.2) is 10.8 Å². The molecule has 2 bridgehead atoms. The summed E-state index contributed by atoms with van der Waals surface area (Å²) in [6, 6.07) is 0. The van der Waals surface area contributed by atoms with Gasteiger partial charge in [-0.1, -0.05) is 43.2 Å². The fourth-order valence-corrected chi connectivity index (χ4v) is 8.60. The molecule has 1 aromatic rings. The molecule has 7 heteroatoms. The molecule has 0 radical (unpaired) electrons. The first-order valence-corrected chi connectivity index (χ1v) is 11.0. The first-order chi connectivity index (χ1) is 8.42. The van der Waals surface area contributed by atoms with Crippen LogP contribution in [0.5, 0.6) is 11.5 Å². The molecule has 94 valence electrons. The lowest BCUT2D eigenvalue weighted by atomic mass is 10.4. The van der Waals surface area contributed by atoms with Gasteiger partial charge in [0, 0.05) is 22.3 Å². The molecule has 2 aliphatic rings. The number of rotatable bonds is 0. The van der Waals surface area contributed by atoms with Crippen LogP contribution in [-0.2, 0) is 0 Å². The van der Waals surface area contributed by atoms with Crippen molar-refractivity contribution in [3.63, 3.8) is 0 Å². The summed E-state index contributed by atoms with van der Waals surface area (Å²) >= 11 is 1.65. The highest BCUT2D eigenvalue weighted by molar-refractivity contribution is 8.80. The molecule has 2 nitrogen and oxygen atoms in total. The Morgan fingerprint density at radius 2 is 1.41 bits per heavy atom.